The molecule has 1 saturated heterocycles. The lowest BCUT2D eigenvalue weighted by molar-refractivity contribution is 0.103. The van der Waals surface area contributed by atoms with Crippen LogP contribution < -0.4 is 4.74 Å². The van der Waals surface area contributed by atoms with Crippen LogP contribution in [-0.4, -0.2) is 36.9 Å². The van der Waals surface area contributed by atoms with Crippen molar-refractivity contribution in [3.63, 3.8) is 0 Å². The van der Waals surface area contributed by atoms with E-state index < -0.39 is 0 Å². The van der Waals surface area contributed by atoms with E-state index in [0.29, 0.717) is 12.2 Å². The first-order valence-corrected chi connectivity index (χ1v) is 9.27. The zero-order valence-corrected chi connectivity index (χ0v) is 14.4. The first kappa shape index (κ1) is 16.2. The third-order valence-electron chi connectivity index (χ3n) is 4.31. The largest absolute Gasteiger partial charge is 0.494 e. The smallest absolute Gasteiger partial charge is 0.193 e. The van der Waals surface area contributed by atoms with Crippen LogP contribution in [0, 0.1) is 0 Å². The molecule has 1 aliphatic heterocycles. The molecule has 1 aromatic heterocycles. The Morgan fingerprint density at radius 1 is 1.22 bits per heavy atom. The second-order valence-electron chi connectivity index (χ2n) is 5.90. The number of nitrogens with zero attached hydrogens (tertiary/aromatic N) is 1. The van der Waals surface area contributed by atoms with Crippen LogP contribution in [0.25, 0.3) is 0 Å². The number of carbonyl (C=O) groups excluding carboxylic acids is 1. The molecule has 0 spiro atoms. The van der Waals surface area contributed by atoms with Crippen LogP contribution in [0.2, 0.25) is 0 Å². The number of benzene rings is 1. The summed E-state index contributed by atoms with van der Waals surface area (Å²) in [4.78, 5) is 15.0. The third-order valence-corrected chi connectivity index (χ3v) is 4.99. The summed E-state index contributed by atoms with van der Waals surface area (Å²) < 4.78 is 5.79. The Labute approximate surface area is 141 Å². The zero-order valence-electron chi connectivity index (χ0n) is 13.6. The molecule has 122 valence electrons. The molecule has 0 unspecified atom stereocenters. The summed E-state index contributed by atoms with van der Waals surface area (Å²) in [5.74, 6) is 0.922. The minimum Gasteiger partial charge on any atom is -0.494 e. The van der Waals surface area contributed by atoms with Gasteiger partial charge in [0.2, 0.25) is 0 Å². The van der Waals surface area contributed by atoms with Crippen molar-refractivity contribution in [2.45, 2.75) is 26.2 Å². The zero-order chi connectivity index (χ0) is 16.1. The Balaban J connectivity index is 1.75. The van der Waals surface area contributed by atoms with E-state index in [9.17, 15) is 4.79 Å². The van der Waals surface area contributed by atoms with Crippen molar-refractivity contribution in [1.29, 1.82) is 0 Å². The summed E-state index contributed by atoms with van der Waals surface area (Å²) >= 11 is 1.54. The van der Waals surface area contributed by atoms with Gasteiger partial charge >= 0.3 is 0 Å². The van der Waals surface area contributed by atoms with Crippen molar-refractivity contribution in [2.75, 3.05) is 26.2 Å². The first-order valence-electron chi connectivity index (χ1n) is 8.33. The van der Waals surface area contributed by atoms with E-state index in [0.717, 1.165) is 24.3 Å². The lowest BCUT2D eigenvalue weighted by atomic mass is 10.0. The van der Waals surface area contributed by atoms with Crippen molar-refractivity contribution >= 4 is 17.1 Å². The summed E-state index contributed by atoms with van der Waals surface area (Å²) in [5.41, 5.74) is 2.65. The van der Waals surface area contributed by atoms with Crippen LogP contribution in [0.5, 0.6) is 5.75 Å². The second kappa shape index (κ2) is 7.75. The monoisotopic (exact) mass is 329 g/mol. The van der Waals surface area contributed by atoms with Gasteiger partial charge in [-0.1, -0.05) is 12.1 Å². The van der Waals surface area contributed by atoms with Gasteiger partial charge in [0.1, 0.15) is 5.75 Å². The molecule has 2 heterocycles. The van der Waals surface area contributed by atoms with E-state index in [2.05, 4.69) is 11.0 Å². The minimum atomic E-state index is 0.0679. The molecular weight excluding hydrogens is 306 g/mol. The van der Waals surface area contributed by atoms with Gasteiger partial charge in [-0.2, -0.15) is 11.3 Å². The number of rotatable bonds is 7. The van der Waals surface area contributed by atoms with Crippen LogP contribution in [0.1, 0.15) is 41.3 Å². The van der Waals surface area contributed by atoms with Crippen LogP contribution >= 0.6 is 11.3 Å². The highest BCUT2D eigenvalue weighted by Gasteiger charge is 2.15. The number of carbonyl (C=O) groups is 1. The topological polar surface area (TPSA) is 29.5 Å². The molecule has 23 heavy (non-hydrogen) atoms. The maximum atomic E-state index is 12.5. The van der Waals surface area contributed by atoms with Crippen LogP contribution in [0.4, 0.5) is 0 Å². The summed E-state index contributed by atoms with van der Waals surface area (Å²) in [6, 6.07) is 7.76. The number of likely N-dealkylation sites (tertiary alicyclic amines) is 1. The minimum absolute atomic E-state index is 0.0679. The first-order chi connectivity index (χ1) is 11.3. The maximum absolute atomic E-state index is 12.5. The van der Waals surface area contributed by atoms with Crippen LogP contribution in [-0.2, 0) is 6.42 Å². The van der Waals surface area contributed by atoms with E-state index in [-0.39, 0.29) is 5.78 Å². The van der Waals surface area contributed by atoms with Gasteiger partial charge in [0.05, 0.1) is 6.61 Å². The molecule has 3 rings (SSSR count). The molecule has 1 aliphatic rings. The highest BCUT2D eigenvalue weighted by molar-refractivity contribution is 7.08. The fraction of sp³-hybridized carbons (Fsp3) is 0.421. The fourth-order valence-electron chi connectivity index (χ4n) is 3.04. The van der Waals surface area contributed by atoms with Gasteiger partial charge in [-0.3, -0.25) is 4.79 Å². The molecular formula is C19H23NO2S. The predicted molar refractivity (Wildman–Crippen MR) is 94.7 cm³/mol. The van der Waals surface area contributed by atoms with Crippen molar-refractivity contribution in [2.24, 2.45) is 0 Å². The number of thiophene rings is 1. The Bertz CT molecular complexity index is 645. The van der Waals surface area contributed by atoms with Gasteiger partial charge in [-0.05, 0) is 62.4 Å². The maximum Gasteiger partial charge on any atom is 0.193 e. The third kappa shape index (κ3) is 4.01. The second-order valence-corrected chi connectivity index (χ2v) is 6.68. The molecule has 2 aromatic rings. The SMILES string of the molecule is CCOc1cc(C(=O)c2ccsc2)ccc1CCN1CCCC1. The standard InChI is InChI=1S/C19H23NO2S/c1-2-22-18-13-16(19(21)17-8-12-23-14-17)6-5-15(18)7-11-20-9-3-4-10-20/h5-6,8,12-14H,2-4,7,9-11H2,1H3. The number of hydrogen-bond acceptors (Lipinski definition) is 4. The fourth-order valence-corrected chi connectivity index (χ4v) is 3.67. The molecule has 1 fully saturated rings. The highest BCUT2D eigenvalue weighted by Crippen LogP contribution is 2.24. The van der Waals surface area contributed by atoms with Crippen molar-refractivity contribution < 1.29 is 9.53 Å². The van der Waals surface area contributed by atoms with Crippen LogP contribution in [0.15, 0.2) is 35.0 Å². The molecule has 1 aromatic carbocycles. The van der Waals surface area contributed by atoms with Crippen molar-refractivity contribution in [3.8, 4) is 5.75 Å². The van der Waals surface area contributed by atoms with Gasteiger partial charge < -0.3 is 9.64 Å². The van der Waals surface area contributed by atoms with Crippen molar-refractivity contribution in [3.05, 3.63) is 51.7 Å². The van der Waals surface area contributed by atoms with E-state index in [4.69, 9.17) is 4.74 Å². The molecule has 0 saturated carbocycles. The normalized spacial score (nSPS) is 15.0. The summed E-state index contributed by atoms with van der Waals surface area (Å²) in [6.45, 7) is 6.08. The number of hydrogen-bond donors (Lipinski definition) is 0. The van der Waals surface area contributed by atoms with E-state index in [1.165, 1.54) is 31.5 Å². The molecule has 0 amide bonds. The lowest BCUT2D eigenvalue weighted by Crippen LogP contribution is -2.22. The average molecular weight is 329 g/mol. The number of ketones is 1. The molecule has 0 bridgehead atoms. The molecule has 4 heteroatoms. The average Bonchev–Trinajstić information content (AvgIpc) is 3.26. The highest BCUT2D eigenvalue weighted by atomic mass is 32.1. The Kier molecular flexibility index (Phi) is 5.47. The van der Waals surface area contributed by atoms with Gasteiger partial charge in [0, 0.05) is 23.1 Å². The molecule has 0 aliphatic carbocycles. The summed E-state index contributed by atoms with van der Waals surface area (Å²) in [5, 5.41) is 3.82. The Hall–Kier alpha value is -1.65. The Morgan fingerprint density at radius 2 is 2.04 bits per heavy atom. The molecule has 3 nitrogen and oxygen atoms in total. The number of ether oxygens (including phenoxy) is 1. The molecule has 0 atom stereocenters. The summed E-state index contributed by atoms with van der Waals surface area (Å²) in [6.07, 6.45) is 3.60. The van der Waals surface area contributed by atoms with Gasteiger partial charge in [0.15, 0.2) is 5.78 Å². The Morgan fingerprint density at radius 3 is 2.74 bits per heavy atom. The van der Waals surface area contributed by atoms with Gasteiger partial charge in [0.25, 0.3) is 0 Å². The van der Waals surface area contributed by atoms with Crippen molar-refractivity contribution in [1.82, 2.24) is 4.90 Å². The van der Waals surface area contributed by atoms with E-state index >= 15 is 0 Å². The molecule has 0 radical (unpaired) electrons. The quantitative estimate of drug-likeness (QED) is 0.719. The predicted octanol–water partition coefficient (Wildman–Crippen LogP) is 4.02. The van der Waals surface area contributed by atoms with E-state index in [1.807, 2.05) is 35.9 Å². The van der Waals surface area contributed by atoms with Gasteiger partial charge in [-0.15, -0.1) is 0 Å². The van der Waals surface area contributed by atoms with E-state index in [1.54, 1.807) is 11.3 Å². The summed E-state index contributed by atoms with van der Waals surface area (Å²) in [7, 11) is 0. The molecule has 0 N–H and O–H groups in total. The lowest BCUT2D eigenvalue weighted by Gasteiger charge is -2.16. The van der Waals surface area contributed by atoms with Gasteiger partial charge in [-0.25, -0.2) is 0 Å². The van der Waals surface area contributed by atoms with Crippen LogP contribution in [0.3, 0.4) is 0 Å².